The van der Waals surface area contributed by atoms with Crippen LogP contribution in [0.2, 0.25) is 10.2 Å². The molecule has 25 heavy (non-hydrogen) atoms. The van der Waals surface area contributed by atoms with Gasteiger partial charge in [-0.25, -0.2) is 9.78 Å². The molecule has 0 aliphatic carbocycles. The highest BCUT2D eigenvalue weighted by Gasteiger charge is 2.19. The topological polar surface area (TPSA) is 59.5 Å². The van der Waals surface area contributed by atoms with Crippen LogP contribution in [0.5, 0.6) is 0 Å². The SMILES string of the molecule is O=C(OCc1ccc(C(=O)N2CCCC2)cc1)c1cnc(Cl)c(Cl)c1. The van der Waals surface area contributed by atoms with Gasteiger partial charge in [-0.1, -0.05) is 35.3 Å². The molecule has 0 radical (unpaired) electrons. The largest absolute Gasteiger partial charge is 0.457 e. The zero-order chi connectivity index (χ0) is 17.8. The van der Waals surface area contributed by atoms with Crippen LogP contribution < -0.4 is 0 Å². The fourth-order valence-electron chi connectivity index (χ4n) is 2.61. The van der Waals surface area contributed by atoms with E-state index in [0.717, 1.165) is 31.5 Å². The molecule has 1 saturated heterocycles. The highest BCUT2D eigenvalue weighted by atomic mass is 35.5. The molecule has 0 unspecified atom stereocenters. The molecule has 0 N–H and O–H groups in total. The summed E-state index contributed by atoms with van der Waals surface area (Å²) in [5.41, 5.74) is 1.67. The van der Waals surface area contributed by atoms with Gasteiger partial charge in [-0.2, -0.15) is 0 Å². The van der Waals surface area contributed by atoms with E-state index in [-0.39, 0.29) is 28.3 Å². The lowest BCUT2D eigenvalue weighted by Crippen LogP contribution is -2.27. The summed E-state index contributed by atoms with van der Waals surface area (Å²) < 4.78 is 5.23. The molecule has 7 heteroatoms. The van der Waals surface area contributed by atoms with Crippen molar-refractivity contribution in [2.45, 2.75) is 19.4 Å². The molecule has 3 rings (SSSR count). The summed E-state index contributed by atoms with van der Waals surface area (Å²) in [6.45, 7) is 1.73. The number of pyridine rings is 1. The molecule has 1 fully saturated rings. The molecule has 130 valence electrons. The predicted molar refractivity (Wildman–Crippen MR) is 95.0 cm³/mol. The van der Waals surface area contributed by atoms with Crippen molar-refractivity contribution in [1.82, 2.24) is 9.88 Å². The van der Waals surface area contributed by atoms with Gasteiger partial charge < -0.3 is 9.64 Å². The number of benzene rings is 1. The summed E-state index contributed by atoms with van der Waals surface area (Å²) >= 11 is 11.6. The Hall–Kier alpha value is -2.11. The van der Waals surface area contributed by atoms with E-state index in [1.54, 1.807) is 24.3 Å². The number of carbonyl (C=O) groups excluding carboxylic acids is 2. The summed E-state index contributed by atoms with van der Waals surface area (Å²) in [4.78, 5) is 30.0. The summed E-state index contributed by atoms with van der Waals surface area (Å²) in [6.07, 6.45) is 3.43. The van der Waals surface area contributed by atoms with Crippen molar-refractivity contribution in [3.63, 3.8) is 0 Å². The quantitative estimate of drug-likeness (QED) is 0.596. The Labute approximate surface area is 155 Å². The maximum absolute atomic E-state index is 12.3. The summed E-state index contributed by atoms with van der Waals surface area (Å²) in [5, 5.41) is 0.331. The molecule has 2 heterocycles. The maximum Gasteiger partial charge on any atom is 0.340 e. The molecule has 0 bridgehead atoms. The van der Waals surface area contributed by atoms with Crippen molar-refractivity contribution in [2.75, 3.05) is 13.1 Å². The van der Waals surface area contributed by atoms with E-state index in [1.807, 2.05) is 4.90 Å². The Morgan fingerprint density at radius 3 is 2.40 bits per heavy atom. The van der Waals surface area contributed by atoms with Crippen molar-refractivity contribution in [2.24, 2.45) is 0 Å². The number of rotatable bonds is 4. The molecular formula is C18H16Cl2N2O3. The molecule has 0 atom stereocenters. The third-order valence-corrected chi connectivity index (χ3v) is 4.68. The van der Waals surface area contributed by atoms with Crippen molar-refractivity contribution in [1.29, 1.82) is 0 Å². The van der Waals surface area contributed by atoms with Crippen LogP contribution in [0, 0.1) is 0 Å². The molecule has 1 aromatic heterocycles. The standard InChI is InChI=1S/C18H16Cl2N2O3/c19-15-9-14(10-21-16(15)20)18(24)25-11-12-3-5-13(6-4-12)17(23)22-7-1-2-8-22/h3-6,9-10H,1-2,7-8,11H2. The summed E-state index contributed by atoms with van der Waals surface area (Å²) in [7, 11) is 0. The van der Waals surface area contributed by atoms with Crippen molar-refractivity contribution in [3.8, 4) is 0 Å². The van der Waals surface area contributed by atoms with Crippen LogP contribution in [0.25, 0.3) is 0 Å². The highest BCUT2D eigenvalue weighted by Crippen LogP contribution is 2.20. The van der Waals surface area contributed by atoms with E-state index in [4.69, 9.17) is 27.9 Å². The van der Waals surface area contributed by atoms with Crippen LogP contribution in [-0.2, 0) is 11.3 Å². The van der Waals surface area contributed by atoms with Gasteiger partial charge in [0.15, 0.2) is 0 Å². The minimum Gasteiger partial charge on any atom is -0.457 e. The molecule has 1 aromatic carbocycles. The molecule has 1 aliphatic rings. The third-order valence-electron chi connectivity index (χ3n) is 4.00. The molecule has 1 amide bonds. The fraction of sp³-hybridized carbons (Fsp3) is 0.278. The van der Waals surface area contributed by atoms with E-state index in [9.17, 15) is 9.59 Å². The number of esters is 1. The number of ether oxygens (including phenoxy) is 1. The smallest absolute Gasteiger partial charge is 0.340 e. The maximum atomic E-state index is 12.3. The molecule has 5 nitrogen and oxygen atoms in total. The predicted octanol–water partition coefficient (Wildman–Crippen LogP) is 3.98. The van der Waals surface area contributed by atoms with Gasteiger partial charge in [-0.15, -0.1) is 0 Å². The van der Waals surface area contributed by atoms with E-state index in [0.29, 0.717) is 5.56 Å². The second-order valence-corrected chi connectivity index (χ2v) is 6.53. The lowest BCUT2D eigenvalue weighted by molar-refractivity contribution is 0.0472. The lowest BCUT2D eigenvalue weighted by Gasteiger charge is -2.15. The van der Waals surface area contributed by atoms with Gasteiger partial charge in [0.2, 0.25) is 0 Å². The van der Waals surface area contributed by atoms with Crippen molar-refractivity contribution >= 4 is 35.1 Å². The van der Waals surface area contributed by atoms with Gasteiger partial charge in [-0.05, 0) is 36.6 Å². The first-order chi connectivity index (χ1) is 12.0. The Morgan fingerprint density at radius 1 is 1.08 bits per heavy atom. The van der Waals surface area contributed by atoms with Crippen molar-refractivity contribution in [3.05, 3.63) is 63.4 Å². The van der Waals surface area contributed by atoms with E-state index in [1.165, 1.54) is 12.3 Å². The lowest BCUT2D eigenvalue weighted by atomic mass is 10.1. The van der Waals surface area contributed by atoms with Crippen LogP contribution >= 0.6 is 23.2 Å². The van der Waals surface area contributed by atoms with Gasteiger partial charge in [-0.3, -0.25) is 4.79 Å². The molecule has 0 saturated carbocycles. The Bertz CT molecular complexity index is 787. The first-order valence-corrected chi connectivity index (χ1v) is 8.66. The number of nitrogens with zero attached hydrogens (tertiary/aromatic N) is 2. The summed E-state index contributed by atoms with van der Waals surface area (Å²) in [5.74, 6) is -0.494. The van der Waals surface area contributed by atoms with Crippen LogP contribution in [0.4, 0.5) is 0 Å². The van der Waals surface area contributed by atoms with Gasteiger partial charge in [0.25, 0.3) is 5.91 Å². The van der Waals surface area contributed by atoms with E-state index in [2.05, 4.69) is 4.98 Å². The Morgan fingerprint density at radius 2 is 1.76 bits per heavy atom. The minimum absolute atomic E-state index is 0.0444. The minimum atomic E-state index is -0.539. The van der Waals surface area contributed by atoms with Crippen LogP contribution in [-0.4, -0.2) is 34.8 Å². The van der Waals surface area contributed by atoms with E-state index >= 15 is 0 Å². The van der Waals surface area contributed by atoms with E-state index < -0.39 is 5.97 Å². The molecule has 2 aromatic rings. The second-order valence-electron chi connectivity index (χ2n) is 5.77. The number of hydrogen-bond acceptors (Lipinski definition) is 4. The first kappa shape index (κ1) is 17.7. The molecule has 0 spiro atoms. The zero-order valence-corrected chi connectivity index (χ0v) is 14.9. The molecule has 1 aliphatic heterocycles. The second kappa shape index (κ2) is 7.85. The average Bonchev–Trinajstić information content (AvgIpc) is 3.16. The number of amides is 1. The Balaban J connectivity index is 1.58. The number of carbonyl (C=O) groups is 2. The number of halogens is 2. The van der Waals surface area contributed by atoms with Crippen LogP contribution in [0.15, 0.2) is 36.5 Å². The van der Waals surface area contributed by atoms with Gasteiger partial charge in [0, 0.05) is 24.8 Å². The average molecular weight is 379 g/mol. The first-order valence-electron chi connectivity index (χ1n) is 7.91. The van der Waals surface area contributed by atoms with Crippen LogP contribution in [0.1, 0.15) is 39.1 Å². The van der Waals surface area contributed by atoms with Gasteiger partial charge in [0.1, 0.15) is 11.8 Å². The van der Waals surface area contributed by atoms with Gasteiger partial charge >= 0.3 is 5.97 Å². The third kappa shape index (κ3) is 4.30. The number of hydrogen-bond donors (Lipinski definition) is 0. The summed E-state index contributed by atoms with van der Waals surface area (Å²) in [6, 6.07) is 8.49. The van der Waals surface area contributed by atoms with Crippen molar-refractivity contribution < 1.29 is 14.3 Å². The normalized spacial score (nSPS) is 13.8. The zero-order valence-electron chi connectivity index (χ0n) is 13.4. The monoisotopic (exact) mass is 378 g/mol. The Kier molecular flexibility index (Phi) is 5.56. The number of likely N-dealkylation sites (tertiary alicyclic amines) is 1. The van der Waals surface area contributed by atoms with Gasteiger partial charge in [0.05, 0.1) is 10.6 Å². The highest BCUT2D eigenvalue weighted by molar-refractivity contribution is 6.41. The fourth-order valence-corrected chi connectivity index (χ4v) is 2.88. The molecular weight excluding hydrogens is 363 g/mol. The number of aromatic nitrogens is 1. The van der Waals surface area contributed by atoms with Crippen LogP contribution in [0.3, 0.4) is 0 Å².